The molecule has 0 aliphatic heterocycles. The number of aryl methyl sites for hydroxylation is 1. The largest absolute Gasteiger partial charge is 0.469 e. The van der Waals surface area contributed by atoms with E-state index in [9.17, 15) is 19.2 Å². The molecular formula is C29H30N2O6. The number of methoxy groups -OCH3 is 2. The Hall–Kier alpha value is -4.46. The van der Waals surface area contributed by atoms with Gasteiger partial charge >= 0.3 is 11.9 Å². The van der Waals surface area contributed by atoms with Crippen LogP contribution in [0.2, 0.25) is 0 Å². The lowest BCUT2D eigenvalue weighted by Crippen LogP contribution is -2.57. The molecule has 3 rings (SSSR count). The number of rotatable bonds is 11. The number of nitrogens with one attached hydrogen (secondary N) is 2. The molecule has 0 saturated carbocycles. The van der Waals surface area contributed by atoms with Gasteiger partial charge in [0.15, 0.2) is 0 Å². The summed E-state index contributed by atoms with van der Waals surface area (Å²) in [6, 6.07) is 24.1. The van der Waals surface area contributed by atoms with Crippen molar-refractivity contribution in [3.05, 3.63) is 108 Å². The number of ether oxygens (including phenoxy) is 2. The SMILES string of the molecule is COC(=O)[C@@H]([C@H](CCc1ccccc1)NC(=O)c1ccccc1)[C@@H](NC(=O)c1ccccc1)C(=O)OC. The van der Waals surface area contributed by atoms with Crippen molar-refractivity contribution in [1.82, 2.24) is 10.6 Å². The molecule has 0 radical (unpaired) electrons. The Balaban J connectivity index is 1.97. The van der Waals surface area contributed by atoms with Crippen LogP contribution in [0.15, 0.2) is 91.0 Å². The van der Waals surface area contributed by atoms with E-state index in [1.165, 1.54) is 14.2 Å². The Morgan fingerprint density at radius 1 is 0.649 bits per heavy atom. The fourth-order valence-corrected chi connectivity index (χ4v) is 4.05. The highest BCUT2D eigenvalue weighted by molar-refractivity contribution is 5.98. The van der Waals surface area contributed by atoms with Gasteiger partial charge in [-0.3, -0.25) is 14.4 Å². The van der Waals surface area contributed by atoms with Crippen LogP contribution in [0.4, 0.5) is 0 Å². The zero-order valence-electron chi connectivity index (χ0n) is 20.8. The van der Waals surface area contributed by atoms with Gasteiger partial charge in [0.25, 0.3) is 11.8 Å². The van der Waals surface area contributed by atoms with Crippen LogP contribution in [0.25, 0.3) is 0 Å². The zero-order chi connectivity index (χ0) is 26.6. The third kappa shape index (κ3) is 7.51. The van der Waals surface area contributed by atoms with Gasteiger partial charge in [-0.1, -0.05) is 66.7 Å². The highest BCUT2D eigenvalue weighted by atomic mass is 16.5. The lowest BCUT2D eigenvalue weighted by atomic mass is 9.86. The van der Waals surface area contributed by atoms with Crippen LogP contribution >= 0.6 is 0 Å². The van der Waals surface area contributed by atoms with E-state index in [1.807, 2.05) is 30.3 Å². The summed E-state index contributed by atoms with van der Waals surface area (Å²) in [4.78, 5) is 52.1. The van der Waals surface area contributed by atoms with Gasteiger partial charge < -0.3 is 20.1 Å². The molecule has 0 unspecified atom stereocenters. The number of carbonyl (C=O) groups is 4. The van der Waals surface area contributed by atoms with Crippen LogP contribution in [-0.2, 0) is 25.5 Å². The number of esters is 2. The number of carbonyl (C=O) groups excluding carboxylic acids is 4. The van der Waals surface area contributed by atoms with Crippen LogP contribution in [0.3, 0.4) is 0 Å². The Morgan fingerprint density at radius 2 is 1.11 bits per heavy atom. The van der Waals surface area contributed by atoms with E-state index in [0.717, 1.165) is 5.56 Å². The molecule has 0 saturated heterocycles. The second-order valence-corrected chi connectivity index (χ2v) is 8.36. The van der Waals surface area contributed by atoms with Crippen LogP contribution in [0, 0.1) is 5.92 Å². The molecule has 2 amide bonds. The first-order valence-corrected chi connectivity index (χ1v) is 11.9. The second kappa shape index (κ2) is 13.6. The summed E-state index contributed by atoms with van der Waals surface area (Å²) in [5.74, 6) is -3.86. The Bertz CT molecular complexity index is 1180. The molecular weight excluding hydrogens is 472 g/mol. The average molecular weight is 503 g/mol. The minimum Gasteiger partial charge on any atom is -0.469 e. The van der Waals surface area contributed by atoms with Crippen molar-refractivity contribution in [2.75, 3.05) is 14.2 Å². The van der Waals surface area contributed by atoms with Gasteiger partial charge in [0.05, 0.1) is 14.2 Å². The fourth-order valence-electron chi connectivity index (χ4n) is 4.05. The predicted molar refractivity (Wildman–Crippen MR) is 138 cm³/mol. The second-order valence-electron chi connectivity index (χ2n) is 8.36. The minimum absolute atomic E-state index is 0.289. The molecule has 192 valence electrons. The summed E-state index contributed by atoms with van der Waals surface area (Å²) in [5, 5.41) is 5.52. The third-order valence-electron chi connectivity index (χ3n) is 5.98. The molecule has 0 aliphatic rings. The van der Waals surface area contributed by atoms with Crippen molar-refractivity contribution in [2.45, 2.75) is 24.9 Å². The first-order chi connectivity index (χ1) is 17.9. The molecule has 0 fully saturated rings. The number of hydrogen-bond donors (Lipinski definition) is 2. The molecule has 3 aromatic carbocycles. The first kappa shape index (κ1) is 27.1. The standard InChI is InChI=1S/C29H30N2O6/c1-36-28(34)24(25(29(35)37-2)31-27(33)22-16-10-5-11-17-22)23(19-18-20-12-6-3-7-13-20)30-26(32)21-14-8-4-9-15-21/h3-17,23-25H,18-19H2,1-2H3,(H,30,32)(H,31,33)/t23-,24-,25+/m0/s1. The maximum absolute atomic E-state index is 13.1. The van der Waals surface area contributed by atoms with E-state index in [0.29, 0.717) is 17.5 Å². The van der Waals surface area contributed by atoms with Crippen molar-refractivity contribution in [2.24, 2.45) is 5.92 Å². The zero-order valence-corrected chi connectivity index (χ0v) is 20.8. The van der Waals surface area contributed by atoms with Crippen molar-refractivity contribution in [1.29, 1.82) is 0 Å². The van der Waals surface area contributed by atoms with Crippen LogP contribution in [0.5, 0.6) is 0 Å². The fraction of sp³-hybridized carbons (Fsp3) is 0.241. The number of hydrogen-bond acceptors (Lipinski definition) is 6. The molecule has 0 heterocycles. The Kier molecular flexibility index (Phi) is 9.96. The van der Waals surface area contributed by atoms with E-state index in [2.05, 4.69) is 10.6 Å². The maximum atomic E-state index is 13.1. The van der Waals surface area contributed by atoms with Gasteiger partial charge in [0, 0.05) is 17.2 Å². The predicted octanol–water partition coefficient (Wildman–Crippen LogP) is 3.18. The van der Waals surface area contributed by atoms with Gasteiger partial charge in [-0.05, 0) is 42.7 Å². The minimum atomic E-state index is -1.41. The van der Waals surface area contributed by atoms with E-state index >= 15 is 0 Å². The molecule has 8 heteroatoms. The maximum Gasteiger partial charge on any atom is 0.329 e. The van der Waals surface area contributed by atoms with Crippen LogP contribution in [0.1, 0.15) is 32.7 Å². The van der Waals surface area contributed by atoms with Gasteiger partial charge in [0.2, 0.25) is 0 Å². The summed E-state index contributed by atoms with van der Waals surface area (Å²) < 4.78 is 10.00. The number of benzene rings is 3. The summed E-state index contributed by atoms with van der Waals surface area (Å²) >= 11 is 0. The summed E-state index contributed by atoms with van der Waals surface area (Å²) in [5.41, 5.74) is 1.67. The van der Waals surface area contributed by atoms with Gasteiger partial charge in [-0.2, -0.15) is 0 Å². The third-order valence-corrected chi connectivity index (χ3v) is 5.98. The normalized spacial score (nSPS) is 12.9. The van der Waals surface area contributed by atoms with Crippen molar-refractivity contribution < 1.29 is 28.7 Å². The molecule has 0 aromatic heterocycles. The molecule has 0 bridgehead atoms. The quantitative estimate of drug-likeness (QED) is 0.390. The molecule has 37 heavy (non-hydrogen) atoms. The summed E-state index contributed by atoms with van der Waals surface area (Å²) in [6.45, 7) is 0. The molecule has 0 aliphatic carbocycles. The lowest BCUT2D eigenvalue weighted by molar-refractivity contribution is -0.155. The van der Waals surface area contributed by atoms with Crippen LogP contribution in [-0.4, -0.2) is 50.1 Å². The lowest BCUT2D eigenvalue weighted by Gasteiger charge is -2.31. The highest BCUT2D eigenvalue weighted by Gasteiger charge is 2.43. The van der Waals surface area contributed by atoms with Gasteiger partial charge in [-0.25, -0.2) is 4.79 Å². The molecule has 0 spiro atoms. The highest BCUT2D eigenvalue weighted by Crippen LogP contribution is 2.20. The van der Waals surface area contributed by atoms with E-state index < -0.39 is 41.8 Å². The van der Waals surface area contributed by atoms with E-state index in [1.54, 1.807) is 60.7 Å². The molecule has 8 nitrogen and oxygen atoms in total. The van der Waals surface area contributed by atoms with E-state index in [4.69, 9.17) is 9.47 Å². The van der Waals surface area contributed by atoms with Gasteiger partial charge in [0.1, 0.15) is 12.0 Å². The molecule has 2 N–H and O–H groups in total. The smallest absolute Gasteiger partial charge is 0.329 e. The van der Waals surface area contributed by atoms with Crippen molar-refractivity contribution >= 4 is 23.8 Å². The van der Waals surface area contributed by atoms with Gasteiger partial charge in [-0.15, -0.1) is 0 Å². The van der Waals surface area contributed by atoms with Crippen molar-refractivity contribution in [3.63, 3.8) is 0 Å². The van der Waals surface area contributed by atoms with Crippen molar-refractivity contribution in [3.8, 4) is 0 Å². The monoisotopic (exact) mass is 502 g/mol. The van der Waals surface area contributed by atoms with E-state index in [-0.39, 0.29) is 6.42 Å². The average Bonchev–Trinajstić information content (AvgIpc) is 2.96. The Morgan fingerprint density at radius 3 is 1.59 bits per heavy atom. The number of amides is 2. The summed E-state index contributed by atoms with van der Waals surface area (Å²) in [7, 11) is 2.36. The van der Waals surface area contributed by atoms with Crippen LogP contribution < -0.4 is 10.6 Å². The molecule has 3 aromatic rings. The molecule has 3 atom stereocenters. The topological polar surface area (TPSA) is 111 Å². The first-order valence-electron chi connectivity index (χ1n) is 11.9. The summed E-state index contributed by atoms with van der Waals surface area (Å²) in [6.07, 6.45) is 0.783. The Labute approximate surface area is 216 Å².